The summed E-state index contributed by atoms with van der Waals surface area (Å²) in [7, 11) is 0. The zero-order chi connectivity index (χ0) is 30.3. The largest absolute Gasteiger partial charge is 0.464 e. The summed E-state index contributed by atoms with van der Waals surface area (Å²) in [6.07, 6.45) is 5.22. The van der Waals surface area contributed by atoms with Gasteiger partial charge in [0.05, 0.1) is 39.6 Å². The smallest absolute Gasteiger partial charge is 0.410 e. The number of hydrogen-bond donors (Lipinski definition) is 1. The summed E-state index contributed by atoms with van der Waals surface area (Å²) in [4.78, 5) is 25.2. The second-order valence-electron chi connectivity index (χ2n) is 12.9. The fourth-order valence-electron chi connectivity index (χ4n) is 6.43. The first-order valence-electron chi connectivity index (χ1n) is 15.1. The van der Waals surface area contributed by atoms with E-state index in [1.54, 1.807) is 22.3 Å². The Hall–Kier alpha value is -3.82. The number of thiophene rings is 1. The quantitative estimate of drug-likeness (QED) is 0.215. The number of ether oxygens (including phenoxy) is 2. The fraction of sp³-hybridized carbons (Fsp3) is 0.353. The van der Waals surface area contributed by atoms with E-state index in [-0.39, 0.29) is 12.1 Å². The van der Waals surface area contributed by atoms with Crippen LogP contribution in [0.2, 0.25) is 5.02 Å². The Morgan fingerprint density at radius 2 is 1.93 bits per heavy atom. The Labute approximate surface area is 263 Å². The van der Waals surface area contributed by atoms with Crippen LogP contribution in [-0.4, -0.2) is 37.7 Å². The molecule has 1 N–H and O–H groups in total. The van der Waals surface area contributed by atoms with Gasteiger partial charge in [-0.3, -0.25) is 9.47 Å². The molecule has 1 saturated heterocycles. The first-order valence-corrected chi connectivity index (χ1v) is 16.3. The molecule has 1 saturated carbocycles. The van der Waals surface area contributed by atoms with E-state index in [2.05, 4.69) is 38.8 Å². The first-order chi connectivity index (χ1) is 21.1. The summed E-state index contributed by atoms with van der Waals surface area (Å²) in [6, 6.07) is 15.4. The Bertz CT molecular complexity index is 1930. The molecule has 0 bridgehead atoms. The predicted octanol–water partition coefficient (Wildman–Crippen LogP) is 9.44. The van der Waals surface area contributed by atoms with Crippen LogP contribution >= 0.6 is 22.9 Å². The average Bonchev–Trinajstić information content (AvgIpc) is 3.39. The lowest BCUT2D eigenvalue weighted by atomic mass is 10.1. The lowest BCUT2D eigenvalue weighted by molar-refractivity contribution is 0.0218. The van der Waals surface area contributed by atoms with E-state index in [0.717, 1.165) is 51.4 Å². The van der Waals surface area contributed by atoms with E-state index in [1.165, 1.54) is 23.8 Å². The van der Waals surface area contributed by atoms with Gasteiger partial charge in [-0.05, 0) is 94.8 Å². The number of benzene rings is 2. The molecule has 0 radical (unpaired) electrons. The minimum Gasteiger partial charge on any atom is -0.464 e. The van der Waals surface area contributed by atoms with Crippen molar-refractivity contribution >= 4 is 39.9 Å². The van der Waals surface area contributed by atoms with Gasteiger partial charge in [-0.2, -0.15) is 0 Å². The van der Waals surface area contributed by atoms with Gasteiger partial charge in [0, 0.05) is 27.4 Å². The molecule has 44 heavy (non-hydrogen) atoms. The third-order valence-corrected chi connectivity index (χ3v) is 10.1. The minimum absolute atomic E-state index is 0.167. The Kier molecular flexibility index (Phi) is 6.36. The number of halogens is 2. The second-order valence-corrected chi connectivity index (χ2v) is 14.5. The van der Waals surface area contributed by atoms with E-state index in [1.807, 2.05) is 39.1 Å². The number of carbonyl (C=O) groups is 1. The number of carbonyl (C=O) groups excluding carboxylic acids is 1. The van der Waals surface area contributed by atoms with E-state index in [4.69, 9.17) is 21.1 Å². The number of hydrogen-bond acceptors (Lipinski definition) is 5. The molecule has 2 fully saturated rings. The third-order valence-electron chi connectivity index (χ3n) is 8.56. The Morgan fingerprint density at radius 1 is 1.11 bits per heavy atom. The van der Waals surface area contributed by atoms with Gasteiger partial charge in [-0.25, -0.2) is 14.2 Å². The van der Waals surface area contributed by atoms with Crippen molar-refractivity contribution in [3.05, 3.63) is 81.1 Å². The van der Waals surface area contributed by atoms with Crippen LogP contribution in [0, 0.1) is 5.82 Å². The SMILES string of the molecule is CC(C)(C)OC(=O)N1CCC[C@H]1c1ncc(-c2ccc3c(c2)cc2n3C(c3ccc(C4CC4)s3)Oc3cc(Cl)cc(F)c3-2)[nH]1. The van der Waals surface area contributed by atoms with Gasteiger partial charge < -0.3 is 14.5 Å². The zero-order valence-corrected chi connectivity index (χ0v) is 26.3. The molecule has 3 aliphatic rings. The number of aromatic nitrogens is 3. The molecule has 8 rings (SSSR count). The van der Waals surface area contributed by atoms with Gasteiger partial charge in [0.2, 0.25) is 6.23 Å². The summed E-state index contributed by atoms with van der Waals surface area (Å²) in [5.41, 5.74) is 3.34. The van der Waals surface area contributed by atoms with E-state index >= 15 is 4.39 Å². The number of H-pyrrole nitrogens is 1. The molecule has 2 aromatic carbocycles. The van der Waals surface area contributed by atoms with E-state index in [9.17, 15) is 4.79 Å². The van der Waals surface area contributed by atoms with Crippen LogP contribution in [-0.2, 0) is 4.74 Å². The standard InChI is InChI=1S/C34H32ClFN4O3S/c1-34(2,3)43-33(41)39-12-4-5-25(39)31-37-17-23(38-31)19-8-9-24-20(13-19)14-26-30-22(36)15-21(35)16-27(30)42-32(40(24)26)29-11-10-28(44-29)18-6-7-18/h8-11,13-18,25,32H,4-7,12H2,1-3H3,(H,37,38)/t25-,32?/m0/s1. The van der Waals surface area contributed by atoms with Crippen LogP contribution in [0.3, 0.4) is 0 Å². The zero-order valence-electron chi connectivity index (χ0n) is 24.7. The maximum Gasteiger partial charge on any atom is 0.410 e. The lowest BCUT2D eigenvalue weighted by Crippen LogP contribution is -2.36. The molecule has 3 aromatic heterocycles. The number of nitrogens with zero attached hydrogens (tertiary/aromatic N) is 3. The van der Waals surface area contributed by atoms with Gasteiger partial charge in [-0.1, -0.05) is 17.7 Å². The van der Waals surface area contributed by atoms with Crippen LogP contribution in [0.4, 0.5) is 9.18 Å². The molecule has 5 aromatic rings. The summed E-state index contributed by atoms with van der Waals surface area (Å²) in [5, 5.41) is 1.26. The maximum absolute atomic E-state index is 15.4. The number of imidazole rings is 1. The number of nitrogens with one attached hydrogen (secondary N) is 1. The predicted molar refractivity (Wildman–Crippen MR) is 170 cm³/mol. The molecule has 7 nitrogen and oxygen atoms in total. The van der Waals surface area contributed by atoms with E-state index < -0.39 is 17.6 Å². The van der Waals surface area contributed by atoms with Crippen molar-refractivity contribution in [1.82, 2.24) is 19.4 Å². The molecule has 1 aliphatic carbocycles. The molecule has 226 valence electrons. The van der Waals surface area contributed by atoms with Crippen LogP contribution in [0.5, 0.6) is 5.75 Å². The summed E-state index contributed by atoms with van der Waals surface area (Å²) in [6.45, 7) is 6.26. The highest BCUT2D eigenvalue weighted by molar-refractivity contribution is 7.12. The normalized spacial score (nSPS) is 19.6. The van der Waals surface area contributed by atoms with Gasteiger partial charge in [-0.15, -0.1) is 11.3 Å². The van der Waals surface area contributed by atoms with Crippen molar-refractivity contribution in [3.8, 4) is 28.3 Å². The maximum atomic E-state index is 15.4. The highest BCUT2D eigenvalue weighted by Gasteiger charge is 2.36. The number of rotatable bonds is 4. The highest BCUT2D eigenvalue weighted by atomic mass is 35.5. The van der Waals surface area contributed by atoms with Gasteiger partial charge in [0.25, 0.3) is 0 Å². The highest BCUT2D eigenvalue weighted by Crippen LogP contribution is 2.50. The molecule has 2 aliphatic heterocycles. The second kappa shape index (κ2) is 10.1. The fourth-order valence-corrected chi connectivity index (χ4v) is 7.83. The van der Waals surface area contributed by atoms with Crippen molar-refractivity contribution in [2.45, 2.75) is 70.2 Å². The molecule has 5 heterocycles. The molecule has 1 unspecified atom stereocenters. The van der Waals surface area contributed by atoms with E-state index in [0.29, 0.717) is 28.8 Å². The number of aromatic amines is 1. The summed E-state index contributed by atoms with van der Waals surface area (Å²) in [5.74, 6) is 1.41. The Balaban J connectivity index is 1.17. The van der Waals surface area contributed by atoms with Crippen molar-refractivity contribution in [3.63, 3.8) is 0 Å². The average molecular weight is 631 g/mol. The van der Waals surface area contributed by atoms with Crippen molar-refractivity contribution in [2.75, 3.05) is 6.54 Å². The molecule has 1 amide bonds. The molecule has 0 spiro atoms. The monoisotopic (exact) mass is 630 g/mol. The summed E-state index contributed by atoms with van der Waals surface area (Å²) >= 11 is 8.03. The van der Waals surface area contributed by atoms with Gasteiger partial charge in [0.15, 0.2) is 0 Å². The lowest BCUT2D eigenvalue weighted by Gasteiger charge is -2.29. The van der Waals surface area contributed by atoms with Gasteiger partial charge >= 0.3 is 6.09 Å². The summed E-state index contributed by atoms with van der Waals surface area (Å²) < 4.78 is 29.7. The van der Waals surface area contributed by atoms with Crippen molar-refractivity contribution in [2.24, 2.45) is 0 Å². The first kappa shape index (κ1) is 27.7. The number of fused-ring (bicyclic) bond motifs is 5. The number of likely N-dealkylation sites (tertiary alicyclic amines) is 1. The van der Waals surface area contributed by atoms with Crippen molar-refractivity contribution < 1.29 is 18.7 Å². The molecular weight excluding hydrogens is 599 g/mol. The van der Waals surface area contributed by atoms with Crippen LogP contribution in [0.25, 0.3) is 33.4 Å². The molecular formula is C34H32ClFN4O3S. The Morgan fingerprint density at radius 3 is 2.73 bits per heavy atom. The minimum atomic E-state index is -0.562. The molecule has 2 atom stereocenters. The third kappa shape index (κ3) is 4.77. The van der Waals surface area contributed by atoms with Crippen molar-refractivity contribution in [1.29, 1.82) is 0 Å². The van der Waals surface area contributed by atoms with Gasteiger partial charge in [0.1, 0.15) is 23.0 Å². The van der Waals surface area contributed by atoms with Crippen LogP contribution < -0.4 is 4.74 Å². The number of amides is 1. The topological polar surface area (TPSA) is 72.4 Å². The van der Waals surface area contributed by atoms with Crippen LogP contribution in [0.15, 0.2) is 54.7 Å². The molecule has 10 heteroatoms. The van der Waals surface area contributed by atoms with Crippen LogP contribution in [0.1, 0.15) is 80.2 Å².